The van der Waals surface area contributed by atoms with E-state index in [9.17, 15) is 0 Å². The van der Waals surface area contributed by atoms with Crippen LogP contribution in [0.3, 0.4) is 0 Å². The predicted molar refractivity (Wildman–Crippen MR) is 59.8 cm³/mol. The summed E-state index contributed by atoms with van der Waals surface area (Å²) < 4.78 is 0. The summed E-state index contributed by atoms with van der Waals surface area (Å²) in [6.07, 6.45) is 5.12. The van der Waals surface area contributed by atoms with Gasteiger partial charge in [0.25, 0.3) is 0 Å². The number of nitrogens with zero attached hydrogens (tertiary/aromatic N) is 3. The van der Waals surface area contributed by atoms with Gasteiger partial charge in [-0.2, -0.15) is 11.9 Å². The van der Waals surface area contributed by atoms with E-state index in [0.29, 0.717) is 0 Å². The summed E-state index contributed by atoms with van der Waals surface area (Å²) in [5.41, 5.74) is 0. The Morgan fingerprint density at radius 3 is 2.00 bits per heavy atom. The Morgan fingerprint density at radius 1 is 1.43 bits per heavy atom. The Hall–Kier alpha value is -1.42. The molecule has 0 amide bonds. The van der Waals surface area contributed by atoms with Crippen molar-refractivity contribution in [2.45, 2.75) is 0 Å². The zero-order valence-electron chi connectivity index (χ0n) is 6.16. The summed E-state index contributed by atoms with van der Waals surface area (Å²) in [5, 5.41) is 14.9. The monoisotopic (exact) mass is 229 g/mol. The van der Waals surface area contributed by atoms with E-state index >= 15 is 0 Å². The molecule has 1 N–H and O–H groups in total. The van der Waals surface area contributed by atoms with Gasteiger partial charge in [-0.15, -0.1) is 0 Å². The minimum absolute atomic E-state index is 0. The fourth-order valence-electron chi connectivity index (χ4n) is 0.389. The van der Waals surface area contributed by atoms with Crippen LogP contribution < -0.4 is 0 Å². The van der Waals surface area contributed by atoms with Gasteiger partial charge in [-0.25, -0.2) is 4.98 Å². The molecule has 1 aromatic heterocycles. The van der Waals surface area contributed by atoms with Crippen LogP contribution in [0.15, 0.2) is 19.0 Å². The molecule has 0 fully saturated rings. The van der Waals surface area contributed by atoms with E-state index < -0.39 is 0 Å². The van der Waals surface area contributed by atoms with Crippen molar-refractivity contribution in [1.82, 2.24) is 9.97 Å². The van der Waals surface area contributed by atoms with Crippen molar-refractivity contribution in [3.63, 3.8) is 0 Å². The van der Waals surface area contributed by atoms with Crippen molar-refractivity contribution in [2.24, 2.45) is 0 Å². The van der Waals surface area contributed by atoms with Gasteiger partial charge in [-0.1, -0.05) is 6.58 Å². The third-order valence-corrected chi connectivity index (χ3v) is 0.713. The van der Waals surface area contributed by atoms with Crippen LogP contribution in [0.1, 0.15) is 5.82 Å². The number of rotatable bonds is 1. The molecule has 0 bridgehead atoms. The molecule has 1 heterocycles. The first-order valence-electron chi connectivity index (χ1n) is 2.50. The van der Waals surface area contributed by atoms with Gasteiger partial charge in [-0.05, 0) is 6.08 Å². The molecule has 0 saturated heterocycles. The van der Waals surface area contributed by atoms with Crippen LogP contribution in [0.2, 0.25) is 0 Å². The van der Waals surface area contributed by atoms with E-state index in [0.717, 1.165) is 5.82 Å². The molecule has 73 valence electrons. The van der Waals surface area contributed by atoms with Crippen LogP contribution in [0.25, 0.3) is 6.08 Å². The van der Waals surface area contributed by atoms with E-state index in [-0.39, 0.29) is 32.8 Å². The zero-order chi connectivity index (χ0) is 10.5. The molecule has 1 rings (SSSR count). The van der Waals surface area contributed by atoms with Gasteiger partial charge in [-0.3, -0.25) is 10.5 Å². The molecule has 0 aliphatic carbocycles. The topological polar surface area (TPSA) is 76.3 Å². The van der Waals surface area contributed by atoms with Crippen molar-refractivity contribution in [3.05, 3.63) is 24.8 Å². The Labute approximate surface area is 96.3 Å². The fraction of sp³-hybridized carbons (Fsp3) is 0. The smallest absolute Gasteiger partial charge is 0.345 e. The number of nitriles is 2. The maximum absolute atomic E-state index is 7.43. The molecule has 0 saturated carbocycles. The molecule has 0 aromatic carbocycles. The first-order chi connectivity index (χ1) is 6.26. The van der Waals surface area contributed by atoms with Crippen molar-refractivity contribution in [3.8, 4) is 11.9 Å². The Bertz CT molecular complexity index is 274. The van der Waals surface area contributed by atoms with Crippen LogP contribution in [-0.4, -0.2) is 25.7 Å². The Morgan fingerprint density at radius 2 is 1.86 bits per heavy atom. The van der Waals surface area contributed by atoms with Crippen molar-refractivity contribution in [1.29, 1.82) is 10.5 Å². The second-order valence-corrected chi connectivity index (χ2v) is 1.18. The maximum Gasteiger partial charge on any atom is 2.00 e. The van der Waals surface area contributed by atoms with Gasteiger partial charge in [0.15, 0.2) is 0 Å². The van der Waals surface area contributed by atoms with Gasteiger partial charge in [0, 0.05) is 12.4 Å². The van der Waals surface area contributed by atoms with E-state index in [2.05, 4.69) is 16.5 Å². The van der Waals surface area contributed by atoms with Crippen LogP contribution in [0, 0.1) is 22.5 Å². The standard InChI is InChI=1S/C5H6N2.2CH3BN.Mn/c1-2-5-6-3-4-7-5;2*2-1-3;/h2-4H,1H2,(H,6,7);2*2H3;/q;2*-1;+2. The average molecular weight is 229 g/mol. The summed E-state index contributed by atoms with van der Waals surface area (Å²) in [5.74, 6) is 4.82. The van der Waals surface area contributed by atoms with E-state index in [1.807, 2.05) is 11.9 Å². The molecule has 0 spiro atoms. The Balaban J connectivity index is -0.000000150. The molecule has 14 heavy (non-hydrogen) atoms. The maximum atomic E-state index is 7.43. The first-order valence-corrected chi connectivity index (χ1v) is 2.50. The van der Waals surface area contributed by atoms with Gasteiger partial charge >= 0.3 is 17.1 Å². The van der Waals surface area contributed by atoms with Crippen molar-refractivity contribution < 1.29 is 17.1 Å². The molecular formula is C7H12B2MnN4. The molecule has 1 radical (unpaired) electrons. The summed E-state index contributed by atoms with van der Waals surface area (Å²) in [7, 11) is 0.139. The molecule has 1 aromatic rings. The van der Waals surface area contributed by atoms with Crippen LogP contribution in [-0.2, 0) is 17.1 Å². The van der Waals surface area contributed by atoms with E-state index in [1.54, 1.807) is 18.5 Å². The van der Waals surface area contributed by atoms with Crippen molar-refractivity contribution in [2.75, 3.05) is 0 Å². The minimum atomic E-state index is 0. The molecular weight excluding hydrogens is 217 g/mol. The minimum Gasteiger partial charge on any atom is -0.345 e. The van der Waals surface area contributed by atoms with Crippen LogP contribution in [0.4, 0.5) is 0 Å². The molecule has 7 heteroatoms. The van der Waals surface area contributed by atoms with Crippen molar-refractivity contribution >= 4 is 21.8 Å². The first kappa shape index (κ1) is 18.4. The summed E-state index contributed by atoms with van der Waals surface area (Å²) >= 11 is 0. The third kappa shape index (κ3) is 16.9. The Kier molecular flexibility index (Phi) is 23.1. The van der Waals surface area contributed by atoms with Gasteiger partial charge in [0.05, 0.1) is 15.7 Å². The predicted octanol–water partition coefficient (Wildman–Crippen LogP) is -1.28. The van der Waals surface area contributed by atoms with E-state index in [4.69, 9.17) is 10.5 Å². The SMILES string of the molecule is C=Cc1ncc[nH]1.[BH3-]C#N.[BH3-]C#N.[Mn+2]. The number of aromatic nitrogens is 2. The summed E-state index contributed by atoms with van der Waals surface area (Å²) in [6, 6.07) is 0. The van der Waals surface area contributed by atoms with Crippen LogP contribution >= 0.6 is 0 Å². The summed E-state index contributed by atoms with van der Waals surface area (Å²) in [6.45, 7) is 3.51. The fourth-order valence-corrected chi connectivity index (χ4v) is 0.389. The number of aromatic amines is 1. The third-order valence-electron chi connectivity index (χ3n) is 0.713. The second kappa shape index (κ2) is 17.6. The quantitative estimate of drug-likeness (QED) is 0.609. The molecule has 0 aliphatic heterocycles. The molecule has 4 nitrogen and oxygen atoms in total. The second-order valence-electron chi connectivity index (χ2n) is 1.18. The number of H-pyrrole nitrogens is 1. The molecule has 0 unspecified atom stereocenters. The largest absolute Gasteiger partial charge is 2.00 e. The zero-order valence-corrected chi connectivity index (χ0v) is 7.34. The van der Waals surface area contributed by atoms with Gasteiger partial charge in [0.2, 0.25) is 0 Å². The number of hydrogen-bond donors (Lipinski definition) is 1. The molecule has 0 atom stereocenters. The van der Waals surface area contributed by atoms with Crippen LogP contribution in [0.5, 0.6) is 0 Å². The van der Waals surface area contributed by atoms with Gasteiger partial charge in [0.1, 0.15) is 5.82 Å². The van der Waals surface area contributed by atoms with Gasteiger partial charge < -0.3 is 4.98 Å². The molecule has 0 aliphatic rings. The average Bonchev–Trinajstić information content (AvgIpc) is 2.58. The number of nitrogens with one attached hydrogen (secondary N) is 1. The normalized spacial score (nSPS) is 5.43. The number of hydrogen-bond acceptors (Lipinski definition) is 3. The van der Waals surface area contributed by atoms with E-state index in [1.165, 1.54) is 0 Å². The summed E-state index contributed by atoms with van der Waals surface area (Å²) in [4.78, 5) is 6.72. The number of imidazole rings is 1.